The zero-order chi connectivity index (χ0) is 21.1. The number of fused-ring (bicyclic) bond motifs is 1. The van der Waals surface area contributed by atoms with Crippen molar-refractivity contribution >= 4 is 44.7 Å². The van der Waals surface area contributed by atoms with Gasteiger partial charge in [-0.05, 0) is 43.7 Å². The first kappa shape index (κ1) is 20.6. The summed E-state index contributed by atoms with van der Waals surface area (Å²) in [6.45, 7) is 4.01. The summed E-state index contributed by atoms with van der Waals surface area (Å²) in [5.74, 6) is -0.247. The summed E-state index contributed by atoms with van der Waals surface area (Å²) in [7, 11) is 0. The second kappa shape index (κ2) is 9.02. The van der Waals surface area contributed by atoms with Crippen LogP contribution in [-0.4, -0.2) is 32.4 Å². The van der Waals surface area contributed by atoms with Crippen LogP contribution in [0.25, 0.3) is 27.8 Å². The van der Waals surface area contributed by atoms with Crippen LogP contribution in [0.4, 0.5) is 0 Å². The molecule has 30 heavy (non-hydrogen) atoms. The molecule has 0 saturated heterocycles. The molecule has 0 spiro atoms. The number of nitrogens with zero attached hydrogens (tertiary/aromatic N) is 3. The normalized spacial score (nSPS) is 12.1. The second-order valence-electron chi connectivity index (χ2n) is 6.64. The summed E-state index contributed by atoms with van der Waals surface area (Å²) in [4.78, 5) is 21.3. The predicted molar refractivity (Wildman–Crippen MR) is 124 cm³/mol. The van der Waals surface area contributed by atoms with Crippen molar-refractivity contribution in [1.29, 1.82) is 0 Å². The van der Waals surface area contributed by atoms with Crippen LogP contribution in [0.1, 0.15) is 13.8 Å². The number of halogens is 1. The third-order valence-electron chi connectivity index (χ3n) is 4.64. The summed E-state index contributed by atoms with van der Waals surface area (Å²) < 4.78 is 8.25. The molecule has 5 nitrogen and oxygen atoms in total. The van der Waals surface area contributed by atoms with Crippen molar-refractivity contribution in [3.8, 4) is 16.8 Å². The van der Waals surface area contributed by atoms with Gasteiger partial charge in [-0.3, -0.25) is 4.79 Å². The maximum absolute atomic E-state index is 12.2. The zero-order valence-electron chi connectivity index (χ0n) is 16.6. The van der Waals surface area contributed by atoms with E-state index in [9.17, 15) is 4.79 Å². The van der Waals surface area contributed by atoms with Crippen molar-refractivity contribution in [1.82, 2.24) is 14.5 Å². The Hall–Kier alpha value is -2.64. The summed E-state index contributed by atoms with van der Waals surface area (Å²) in [6, 6.07) is 18.2. The molecule has 0 aliphatic rings. The summed E-state index contributed by atoms with van der Waals surface area (Å²) in [5.41, 5.74) is 3.88. The number of carbonyl (C=O) groups excluding carboxylic acids is 1. The summed E-state index contributed by atoms with van der Waals surface area (Å²) >= 11 is 4.89. The van der Waals surface area contributed by atoms with E-state index in [0.29, 0.717) is 6.61 Å². The molecule has 0 bridgehead atoms. The summed E-state index contributed by atoms with van der Waals surface area (Å²) in [6.07, 6.45) is 3.63. The molecule has 7 heteroatoms. The number of hydrogen-bond acceptors (Lipinski definition) is 5. The molecule has 0 aliphatic heterocycles. The van der Waals surface area contributed by atoms with Crippen molar-refractivity contribution in [2.75, 3.05) is 6.61 Å². The molecule has 0 saturated carbocycles. The van der Waals surface area contributed by atoms with E-state index in [1.54, 1.807) is 6.33 Å². The van der Waals surface area contributed by atoms with E-state index in [2.05, 4.69) is 48.8 Å². The number of rotatable bonds is 6. The van der Waals surface area contributed by atoms with Crippen LogP contribution in [0, 0.1) is 0 Å². The predicted octanol–water partition coefficient (Wildman–Crippen LogP) is 5.89. The average Bonchev–Trinajstić information content (AvgIpc) is 3.16. The van der Waals surface area contributed by atoms with E-state index >= 15 is 0 Å². The van der Waals surface area contributed by atoms with Crippen molar-refractivity contribution < 1.29 is 9.53 Å². The van der Waals surface area contributed by atoms with Gasteiger partial charge >= 0.3 is 5.97 Å². The largest absolute Gasteiger partial charge is 0.465 e. The molecule has 0 aliphatic carbocycles. The van der Waals surface area contributed by atoms with Gasteiger partial charge in [0.2, 0.25) is 0 Å². The van der Waals surface area contributed by atoms with Crippen molar-refractivity contribution in [2.45, 2.75) is 24.1 Å². The molecule has 0 amide bonds. The number of ether oxygens (including phenoxy) is 1. The van der Waals surface area contributed by atoms with Gasteiger partial charge in [-0.1, -0.05) is 58.0 Å². The number of thioether (sulfide) groups is 1. The van der Waals surface area contributed by atoms with Crippen LogP contribution in [0.3, 0.4) is 0 Å². The van der Waals surface area contributed by atoms with Crippen molar-refractivity contribution in [2.24, 2.45) is 0 Å². The number of aromatic nitrogens is 3. The minimum Gasteiger partial charge on any atom is -0.465 e. The highest BCUT2D eigenvalue weighted by Crippen LogP contribution is 2.38. The Morgan fingerprint density at radius 2 is 1.87 bits per heavy atom. The standard InChI is InChI=1S/C23H20BrN3O2S/c1-3-29-23(28)15(2)30-22-20-19(16-7-5-4-6-8-16)13-27(21(20)25-14-26-22)18-11-9-17(24)10-12-18/h4-15H,3H2,1-2H3. The van der Waals surface area contributed by atoms with Gasteiger partial charge < -0.3 is 9.30 Å². The third-order valence-corrected chi connectivity index (χ3v) is 6.25. The molecule has 0 N–H and O–H groups in total. The second-order valence-corrected chi connectivity index (χ2v) is 8.89. The topological polar surface area (TPSA) is 57.0 Å². The quantitative estimate of drug-likeness (QED) is 0.195. The van der Waals surface area contributed by atoms with Gasteiger partial charge in [0.15, 0.2) is 0 Å². The lowest BCUT2D eigenvalue weighted by molar-refractivity contribution is -0.142. The zero-order valence-corrected chi connectivity index (χ0v) is 19.0. The number of carbonyl (C=O) groups is 1. The van der Waals surface area contributed by atoms with E-state index in [0.717, 1.165) is 37.3 Å². The van der Waals surface area contributed by atoms with Gasteiger partial charge in [0, 0.05) is 21.9 Å². The van der Waals surface area contributed by atoms with Crippen LogP contribution < -0.4 is 0 Å². The van der Waals surface area contributed by atoms with Crippen LogP contribution >= 0.6 is 27.7 Å². The molecule has 0 fully saturated rings. The first-order valence-corrected chi connectivity index (χ1v) is 11.3. The van der Waals surface area contributed by atoms with Gasteiger partial charge in [-0.15, -0.1) is 0 Å². The van der Waals surface area contributed by atoms with Gasteiger partial charge in [0.25, 0.3) is 0 Å². The molecule has 2 aromatic carbocycles. The third kappa shape index (κ3) is 4.13. The van der Waals surface area contributed by atoms with Gasteiger partial charge in [-0.25, -0.2) is 9.97 Å². The van der Waals surface area contributed by atoms with Crippen LogP contribution in [0.2, 0.25) is 0 Å². The highest BCUT2D eigenvalue weighted by Gasteiger charge is 2.22. The molecule has 2 aromatic heterocycles. The summed E-state index contributed by atoms with van der Waals surface area (Å²) in [5, 5.41) is 1.31. The Balaban J connectivity index is 1.89. The van der Waals surface area contributed by atoms with Crippen LogP contribution in [0.15, 0.2) is 76.6 Å². The lowest BCUT2D eigenvalue weighted by Gasteiger charge is -2.11. The van der Waals surface area contributed by atoms with Gasteiger partial charge in [0.05, 0.1) is 12.0 Å². The highest BCUT2D eigenvalue weighted by atomic mass is 79.9. The van der Waals surface area contributed by atoms with Gasteiger partial charge in [-0.2, -0.15) is 0 Å². The molecule has 4 aromatic rings. The fourth-order valence-electron chi connectivity index (χ4n) is 3.23. The first-order chi connectivity index (χ1) is 14.6. The Kier molecular flexibility index (Phi) is 6.20. The number of esters is 1. The number of benzene rings is 2. The molecule has 2 heterocycles. The Morgan fingerprint density at radius 1 is 1.13 bits per heavy atom. The van der Waals surface area contributed by atoms with E-state index in [4.69, 9.17) is 4.74 Å². The number of hydrogen-bond donors (Lipinski definition) is 0. The maximum Gasteiger partial charge on any atom is 0.319 e. The van der Waals surface area contributed by atoms with Gasteiger partial charge in [0.1, 0.15) is 22.3 Å². The molecular weight excluding hydrogens is 462 g/mol. The van der Waals surface area contributed by atoms with Crippen molar-refractivity contribution in [3.05, 3.63) is 71.6 Å². The molecule has 152 valence electrons. The first-order valence-electron chi connectivity index (χ1n) is 9.59. The maximum atomic E-state index is 12.2. The van der Waals surface area contributed by atoms with E-state index in [-0.39, 0.29) is 11.2 Å². The SMILES string of the molecule is CCOC(=O)C(C)Sc1ncnc2c1c(-c1ccccc1)cn2-c1ccc(Br)cc1. The molecule has 0 radical (unpaired) electrons. The van der Waals surface area contributed by atoms with Crippen molar-refractivity contribution in [3.63, 3.8) is 0 Å². The monoisotopic (exact) mass is 481 g/mol. The molecule has 1 unspecified atom stereocenters. The smallest absolute Gasteiger partial charge is 0.319 e. The molecule has 1 atom stereocenters. The molecule has 4 rings (SSSR count). The van der Waals surface area contributed by atoms with E-state index < -0.39 is 0 Å². The lowest BCUT2D eigenvalue weighted by atomic mass is 10.1. The minimum atomic E-state index is -0.372. The Bertz CT molecular complexity index is 1180. The van der Waals surface area contributed by atoms with Crippen LogP contribution in [-0.2, 0) is 9.53 Å². The molecular formula is C23H20BrN3O2S. The fourth-order valence-corrected chi connectivity index (χ4v) is 4.42. The van der Waals surface area contributed by atoms with Crippen LogP contribution in [0.5, 0.6) is 0 Å². The van der Waals surface area contributed by atoms with E-state index in [1.807, 2.05) is 56.3 Å². The average molecular weight is 482 g/mol. The Morgan fingerprint density at radius 3 is 2.57 bits per heavy atom. The lowest BCUT2D eigenvalue weighted by Crippen LogP contribution is -2.16. The fraction of sp³-hybridized carbons (Fsp3) is 0.174. The van der Waals surface area contributed by atoms with E-state index in [1.165, 1.54) is 11.8 Å². The Labute approximate surface area is 187 Å². The minimum absolute atomic E-state index is 0.247. The highest BCUT2D eigenvalue weighted by molar-refractivity contribution is 9.10.